The SMILES string of the molecule is CCCCOc1ccc(CNC(CCO)C(C)(C)C)cc1. The van der Waals surface area contributed by atoms with E-state index in [2.05, 4.69) is 45.1 Å². The molecule has 1 rings (SSSR count). The van der Waals surface area contributed by atoms with Crippen LogP contribution in [0.1, 0.15) is 52.5 Å². The van der Waals surface area contributed by atoms with Crippen LogP contribution in [0.2, 0.25) is 0 Å². The van der Waals surface area contributed by atoms with E-state index in [0.717, 1.165) is 38.2 Å². The Morgan fingerprint density at radius 3 is 2.38 bits per heavy atom. The summed E-state index contributed by atoms with van der Waals surface area (Å²) in [7, 11) is 0. The number of ether oxygens (including phenoxy) is 1. The molecule has 0 amide bonds. The van der Waals surface area contributed by atoms with E-state index in [1.165, 1.54) is 5.56 Å². The first kappa shape index (κ1) is 18.0. The molecule has 21 heavy (non-hydrogen) atoms. The predicted octanol–water partition coefficient (Wildman–Crippen LogP) is 3.75. The highest BCUT2D eigenvalue weighted by atomic mass is 16.5. The molecule has 2 N–H and O–H groups in total. The standard InChI is InChI=1S/C18H31NO2/c1-5-6-13-21-16-9-7-15(8-10-16)14-19-17(11-12-20)18(2,3)4/h7-10,17,19-20H,5-6,11-14H2,1-4H3. The minimum Gasteiger partial charge on any atom is -0.494 e. The molecule has 120 valence electrons. The van der Waals surface area contributed by atoms with Crippen molar-refractivity contribution in [1.29, 1.82) is 0 Å². The van der Waals surface area contributed by atoms with Crippen molar-refractivity contribution >= 4 is 0 Å². The van der Waals surface area contributed by atoms with Crippen molar-refractivity contribution in [3.8, 4) is 5.75 Å². The Morgan fingerprint density at radius 2 is 1.86 bits per heavy atom. The molecule has 0 spiro atoms. The summed E-state index contributed by atoms with van der Waals surface area (Å²) in [5, 5.41) is 12.7. The van der Waals surface area contributed by atoms with Gasteiger partial charge in [-0.25, -0.2) is 0 Å². The fourth-order valence-corrected chi connectivity index (χ4v) is 2.25. The van der Waals surface area contributed by atoms with Crippen LogP contribution in [0, 0.1) is 5.41 Å². The van der Waals surface area contributed by atoms with Gasteiger partial charge >= 0.3 is 0 Å². The lowest BCUT2D eigenvalue weighted by molar-refractivity contribution is 0.196. The van der Waals surface area contributed by atoms with Crippen LogP contribution in [-0.4, -0.2) is 24.4 Å². The Balaban J connectivity index is 2.47. The molecule has 0 saturated carbocycles. The number of hydrogen-bond acceptors (Lipinski definition) is 3. The Labute approximate surface area is 129 Å². The van der Waals surface area contributed by atoms with E-state index in [1.807, 2.05) is 12.1 Å². The summed E-state index contributed by atoms with van der Waals surface area (Å²) in [6.07, 6.45) is 3.03. The van der Waals surface area contributed by atoms with Gasteiger partial charge in [0.2, 0.25) is 0 Å². The van der Waals surface area contributed by atoms with Crippen LogP contribution in [-0.2, 0) is 6.54 Å². The van der Waals surface area contributed by atoms with E-state index in [4.69, 9.17) is 4.74 Å². The van der Waals surface area contributed by atoms with E-state index in [0.29, 0.717) is 6.04 Å². The van der Waals surface area contributed by atoms with Crippen LogP contribution in [0.25, 0.3) is 0 Å². The van der Waals surface area contributed by atoms with Crippen LogP contribution < -0.4 is 10.1 Å². The summed E-state index contributed by atoms with van der Waals surface area (Å²) < 4.78 is 5.67. The monoisotopic (exact) mass is 293 g/mol. The van der Waals surface area contributed by atoms with Crippen LogP contribution in [0.3, 0.4) is 0 Å². The quantitative estimate of drug-likeness (QED) is 0.681. The van der Waals surface area contributed by atoms with Crippen molar-refractivity contribution in [3.63, 3.8) is 0 Å². The molecule has 1 atom stereocenters. The van der Waals surface area contributed by atoms with Crippen molar-refractivity contribution in [3.05, 3.63) is 29.8 Å². The number of benzene rings is 1. The topological polar surface area (TPSA) is 41.5 Å². The molecule has 1 aromatic rings. The smallest absolute Gasteiger partial charge is 0.119 e. The zero-order valence-corrected chi connectivity index (χ0v) is 14.0. The normalized spacial score (nSPS) is 13.2. The van der Waals surface area contributed by atoms with Gasteiger partial charge in [0.1, 0.15) is 5.75 Å². The number of aliphatic hydroxyl groups excluding tert-OH is 1. The maximum Gasteiger partial charge on any atom is 0.119 e. The van der Waals surface area contributed by atoms with Crippen LogP contribution in [0.4, 0.5) is 0 Å². The van der Waals surface area contributed by atoms with E-state index in [9.17, 15) is 5.11 Å². The van der Waals surface area contributed by atoms with Gasteiger partial charge in [0.25, 0.3) is 0 Å². The van der Waals surface area contributed by atoms with Gasteiger partial charge in [0.15, 0.2) is 0 Å². The zero-order chi connectivity index (χ0) is 15.7. The van der Waals surface area contributed by atoms with Gasteiger partial charge in [0, 0.05) is 19.2 Å². The molecular weight excluding hydrogens is 262 g/mol. The summed E-state index contributed by atoms with van der Waals surface area (Å²) in [6, 6.07) is 8.58. The van der Waals surface area contributed by atoms with Gasteiger partial charge in [-0.3, -0.25) is 0 Å². The van der Waals surface area contributed by atoms with Crippen molar-refractivity contribution in [2.75, 3.05) is 13.2 Å². The molecule has 0 aromatic heterocycles. The maximum atomic E-state index is 9.18. The summed E-state index contributed by atoms with van der Waals surface area (Å²) in [5.74, 6) is 0.940. The molecule has 0 aliphatic carbocycles. The number of aliphatic hydroxyl groups is 1. The summed E-state index contributed by atoms with van der Waals surface area (Å²) in [5.41, 5.74) is 1.39. The molecule has 0 saturated heterocycles. The van der Waals surface area contributed by atoms with Gasteiger partial charge in [0.05, 0.1) is 6.61 Å². The number of hydrogen-bond donors (Lipinski definition) is 2. The van der Waals surface area contributed by atoms with E-state index in [-0.39, 0.29) is 12.0 Å². The van der Waals surface area contributed by atoms with Gasteiger partial charge in [-0.1, -0.05) is 46.2 Å². The van der Waals surface area contributed by atoms with E-state index >= 15 is 0 Å². The lowest BCUT2D eigenvalue weighted by Crippen LogP contribution is -2.40. The van der Waals surface area contributed by atoms with Crippen LogP contribution >= 0.6 is 0 Å². The van der Waals surface area contributed by atoms with Gasteiger partial charge in [-0.2, -0.15) is 0 Å². The summed E-state index contributed by atoms with van der Waals surface area (Å²) in [6.45, 7) is 10.6. The first-order valence-electron chi connectivity index (χ1n) is 8.03. The molecular formula is C18H31NO2. The molecule has 0 bridgehead atoms. The molecule has 0 heterocycles. The maximum absolute atomic E-state index is 9.18. The molecule has 0 radical (unpaired) electrons. The molecule has 1 aromatic carbocycles. The minimum absolute atomic E-state index is 0.145. The zero-order valence-electron chi connectivity index (χ0n) is 14.0. The molecule has 0 aliphatic rings. The van der Waals surface area contributed by atoms with Gasteiger partial charge in [-0.15, -0.1) is 0 Å². The highest BCUT2D eigenvalue weighted by Crippen LogP contribution is 2.22. The Bertz CT molecular complexity index is 381. The van der Waals surface area contributed by atoms with Crippen molar-refractivity contribution < 1.29 is 9.84 Å². The van der Waals surface area contributed by atoms with Gasteiger partial charge < -0.3 is 15.2 Å². The van der Waals surface area contributed by atoms with Gasteiger partial charge in [-0.05, 0) is 36.0 Å². The largest absolute Gasteiger partial charge is 0.494 e. The van der Waals surface area contributed by atoms with E-state index < -0.39 is 0 Å². The second-order valence-electron chi connectivity index (χ2n) is 6.66. The first-order chi connectivity index (χ1) is 9.97. The number of rotatable bonds is 9. The van der Waals surface area contributed by atoms with Crippen molar-refractivity contribution in [2.24, 2.45) is 5.41 Å². The average molecular weight is 293 g/mol. The Kier molecular flexibility index (Phi) is 7.76. The molecule has 0 aliphatic heterocycles. The van der Waals surface area contributed by atoms with E-state index in [1.54, 1.807) is 0 Å². The third kappa shape index (κ3) is 6.96. The second-order valence-corrected chi connectivity index (χ2v) is 6.66. The lowest BCUT2D eigenvalue weighted by Gasteiger charge is -2.31. The number of nitrogens with one attached hydrogen (secondary N) is 1. The third-order valence-corrected chi connectivity index (χ3v) is 3.71. The first-order valence-corrected chi connectivity index (χ1v) is 8.03. The summed E-state index contributed by atoms with van der Waals surface area (Å²) in [4.78, 5) is 0. The average Bonchev–Trinajstić information content (AvgIpc) is 2.44. The third-order valence-electron chi connectivity index (χ3n) is 3.71. The van der Waals surface area contributed by atoms with Crippen molar-refractivity contribution in [1.82, 2.24) is 5.32 Å². The predicted molar refractivity (Wildman–Crippen MR) is 88.6 cm³/mol. The second kappa shape index (κ2) is 9.06. The molecule has 3 heteroatoms. The fraction of sp³-hybridized carbons (Fsp3) is 0.667. The molecule has 3 nitrogen and oxygen atoms in total. The number of unbranched alkanes of at least 4 members (excludes halogenated alkanes) is 1. The molecule has 0 fully saturated rings. The lowest BCUT2D eigenvalue weighted by atomic mass is 9.85. The summed E-state index contributed by atoms with van der Waals surface area (Å²) >= 11 is 0. The molecule has 1 unspecified atom stereocenters. The Hall–Kier alpha value is -1.06. The van der Waals surface area contributed by atoms with Crippen LogP contribution in [0.15, 0.2) is 24.3 Å². The van der Waals surface area contributed by atoms with Crippen LogP contribution in [0.5, 0.6) is 5.75 Å². The highest BCUT2D eigenvalue weighted by molar-refractivity contribution is 5.27. The van der Waals surface area contributed by atoms with Crippen molar-refractivity contribution in [2.45, 2.75) is 59.5 Å². The Morgan fingerprint density at radius 1 is 1.19 bits per heavy atom. The minimum atomic E-state index is 0.145. The fourth-order valence-electron chi connectivity index (χ4n) is 2.25. The highest BCUT2D eigenvalue weighted by Gasteiger charge is 2.23.